The number of nitrogens with two attached hydrogens (primary N) is 1. The molecule has 0 spiro atoms. The zero-order chi connectivity index (χ0) is 43.1. The topological polar surface area (TPSA) is 188 Å². The third kappa shape index (κ3) is 8.41. The monoisotopic (exact) mass is 844 g/mol. The molecule has 5 aliphatic heterocycles. The number of nitrogens with zero attached hydrogens (tertiary/aromatic N) is 10. The van der Waals surface area contributed by atoms with Crippen LogP contribution in [0.2, 0.25) is 0 Å². The van der Waals surface area contributed by atoms with Crippen molar-refractivity contribution in [3.8, 4) is 11.4 Å². The van der Waals surface area contributed by atoms with Gasteiger partial charge in [-0.3, -0.25) is 24.3 Å². The van der Waals surface area contributed by atoms with E-state index in [1.165, 1.54) is 14.8 Å². The predicted octanol–water partition coefficient (Wildman–Crippen LogP) is 2.75. The smallest absolute Gasteiger partial charge is 0.346 e. The van der Waals surface area contributed by atoms with Crippen LogP contribution in [0.3, 0.4) is 0 Å². The van der Waals surface area contributed by atoms with Crippen molar-refractivity contribution in [1.82, 2.24) is 44.3 Å². The Balaban J connectivity index is 0.762. The summed E-state index contributed by atoms with van der Waals surface area (Å²) in [5.74, 6) is 0.850. The highest BCUT2D eigenvalue weighted by molar-refractivity contribution is 5.99. The number of nitrogens with one attached hydrogen (secondary N) is 1. The lowest BCUT2D eigenvalue weighted by Gasteiger charge is -2.37. The van der Waals surface area contributed by atoms with Crippen molar-refractivity contribution in [2.75, 3.05) is 75.8 Å². The summed E-state index contributed by atoms with van der Waals surface area (Å²) in [4.78, 5) is 82.6. The number of imide groups is 1. The van der Waals surface area contributed by atoms with Gasteiger partial charge in [-0.1, -0.05) is 24.3 Å². The van der Waals surface area contributed by atoms with Crippen LogP contribution in [0.4, 0.5) is 16.3 Å². The Morgan fingerprint density at radius 3 is 2.32 bits per heavy atom. The van der Waals surface area contributed by atoms with Crippen molar-refractivity contribution >= 4 is 35.3 Å². The maximum absolute atomic E-state index is 13.0. The highest BCUT2D eigenvalue weighted by Gasteiger charge is 2.35. The first-order valence-corrected chi connectivity index (χ1v) is 22.1. The molecule has 5 aliphatic rings. The Hall–Kier alpha value is -6.10. The van der Waals surface area contributed by atoms with E-state index in [9.17, 15) is 24.0 Å². The number of carbonyl (C=O) groups excluding carboxylic acids is 4. The molecule has 4 aromatic rings. The first-order chi connectivity index (χ1) is 30.0. The predicted molar refractivity (Wildman–Crippen MR) is 233 cm³/mol. The van der Waals surface area contributed by atoms with Crippen LogP contribution in [0.1, 0.15) is 84.2 Å². The van der Waals surface area contributed by atoms with E-state index in [-0.39, 0.29) is 42.2 Å². The zero-order valence-electron chi connectivity index (χ0n) is 35.6. The van der Waals surface area contributed by atoms with Crippen LogP contribution in [0.15, 0.2) is 59.5 Å². The van der Waals surface area contributed by atoms with Gasteiger partial charge in [0, 0.05) is 84.0 Å². The van der Waals surface area contributed by atoms with Crippen molar-refractivity contribution in [1.29, 1.82) is 0 Å². The number of benzene rings is 2. The number of primary amides is 1. The van der Waals surface area contributed by atoms with E-state index in [0.717, 1.165) is 101 Å². The molecule has 1 unspecified atom stereocenters. The van der Waals surface area contributed by atoms with Gasteiger partial charge in [-0.25, -0.2) is 24.2 Å². The summed E-state index contributed by atoms with van der Waals surface area (Å²) in [5.41, 5.74) is 10.5. The van der Waals surface area contributed by atoms with E-state index >= 15 is 0 Å². The molecule has 0 saturated carbocycles. The van der Waals surface area contributed by atoms with Gasteiger partial charge in [0.25, 0.3) is 11.8 Å². The van der Waals surface area contributed by atoms with E-state index in [1.54, 1.807) is 18.1 Å². The van der Waals surface area contributed by atoms with Crippen molar-refractivity contribution in [3.63, 3.8) is 0 Å². The van der Waals surface area contributed by atoms with Gasteiger partial charge in [-0.15, -0.1) is 5.10 Å². The summed E-state index contributed by atoms with van der Waals surface area (Å²) >= 11 is 0. The molecule has 3 N–H and O–H groups in total. The molecule has 9 rings (SSSR count). The van der Waals surface area contributed by atoms with Crippen LogP contribution < -0.4 is 26.5 Å². The SMILES string of the molecule is CN1CCN([C@H]2CCCN(c3cnc(C(N)=O)c(Cc4ccc(C5CCN(C[C@@H]6CCN(c7ccc(-c8nn(C9CCC(=O)NC9=O)c(=O)n8C)cc7)C6)CC5)cc4)n3)C2)C1=O. The lowest BCUT2D eigenvalue weighted by molar-refractivity contribution is -0.136. The van der Waals surface area contributed by atoms with Crippen LogP contribution in [0.25, 0.3) is 11.4 Å². The fourth-order valence-electron chi connectivity index (χ4n) is 10.1. The van der Waals surface area contributed by atoms with Crippen molar-refractivity contribution in [3.05, 3.63) is 87.7 Å². The number of amides is 5. The molecular formula is C45H56N12O5. The quantitative estimate of drug-likeness (QED) is 0.212. The minimum absolute atomic E-state index is 0.0790. The lowest BCUT2D eigenvalue weighted by atomic mass is 9.88. The number of likely N-dealkylation sites (N-methyl/N-ethyl adjacent to an activating group) is 1. The minimum Gasteiger partial charge on any atom is -0.371 e. The number of piperidine rings is 3. The van der Waals surface area contributed by atoms with Gasteiger partial charge in [0.15, 0.2) is 5.82 Å². The Bertz CT molecular complexity index is 2390. The van der Waals surface area contributed by atoms with Crippen LogP contribution in [-0.2, 0) is 23.1 Å². The summed E-state index contributed by atoms with van der Waals surface area (Å²) in [6.45, 7) is 8.16. The zero-order valence-corrected chi connectivity index (χ0v) is 35.6. The van der Waals surface area contributed by atoms with Crippen molar-refractivity contribution < 1.29 is 19.2 Å². The van der Waals surface area contributed by atoms with Gasteiger partial charge in [0.05, 0.1) is 17.9 Å². The Morgan fingerprint density at radius 2 is 1.61 bits per heavy atom. The second-order valence-corrected chi connectivity index (χ2v) is 17.7. The maximum Gasteiger partial charge on any atom is 0.346 e. The van der Waals surface area contributed by atoms with Crippen LogP contribution in [0.5, 0.6) is 0 Å². The van der Waals surface area contributed by atoms with Crippen molar-refractivity contribution in [2.24, 2.45) is 18.7 Å². The van der Waals surface area contributed by atoms with E-state index in [0.29, 0.717) is 42.1 Å². The normalized spacial score (nSPS) is 22.8. The summed E-state index contributed by atoms with van der Waals surface area (Å²) in [7, 11) is 3.49. The molecule has 0 bridgehead atoms. The summed E-state index contributed by atoms with van der Waals surface area (Å²) in [6.07, 6.45) is 7.77. The average Bonchev–Trinajstić information content (AvgIpc) is 3.97. The first kappa shape index (κ1) is 41.3. The molecule has 3 atom stereocenters. The standard InChI is InChI=1S/C45H56N12O5/c1-51-22-23-56(44(51)61)35-4-3-18-55(28-35)38-25-47-40(41(46)59)36(48-38)24-29-5-7-31(8-6-29)32-16-19-53(20-17-32)26-30-15-21-54(27-30)34-11-9-33(10-12-34)42-50-57(45(62)52(42)2)37-13-14-39(58)49-43(37)60/h5-12,25,30,32,35,37H,3-4,13-24,26-28H2,1-2H3,(H2,46,59)(H,49,58,60)/t30-,35-,37?/m0/s1. The Morgan fingerprint density at radius 1 is 0.839 bits per heavy atom. The summed E-state index contributed by atoms with van der Waals surface area (Å²) < 4.78 is 2.65. The van der Waals surface area contributed by atoms with Gasteiger partial charge in [-0.2, -0.15) is 0 Å². The number of hydrogen-bond acceptors (Lipinski definition) is 11. The van der Waals surface area contributed by atoms with Crippen LogP contribution in [-0.4, -0.2) is 135 Å². The fraction of sp³-hybridized carbons (Fsp3) is 0.511. The number of carbonyl (C=O) groups is 4. The first-order valence-electron chi connectivity index (χ1n) is 22.1. The van der Waals surface area contributed by atoms with Gasteiger partial charge in [0.2, 0.25) is 5.91 Å². The second kappa shape index (κ2) is 17.3. The largest absolute Gasteiger partial charge is 0.371 e. The second-order valence-electron chi connectivity index (χ2n) is 17.7. The summed E-state index contributed by atoms with van der Waals surface area (Å²) in [6, 6.07) is 16.2. The molecule has 17 nitrogen and oxygen atoms in total. The molecule has 2 aromatic heterocycles. The van der Waals surface area contributed by atoms with E-state index < -0.39 is 17.9 Å². The van der Waals surface area contributed by atoms with Crippen molar-refractivity contribution in [2.45, 2.75) is 69.4 Å². The number of hydrogen-bond donors (Lipinski definition) is 2. The molecule has 5 amide bonds. The van der Waals surface area contributed by atoms with Crippen LogP contribution >= 0.6 is 0 Å². The Kier molecular flexibility index (Phi) is 11.5. The molecule has 17 heteroatoms. The van der Waals surface area contributed by atoms with E-state index in [2.05, 4.69) is 66.5 Å². The van der Waals surface area contributed by atoms with Crippen LogP contribution in [0, 0.1) is 5.92 Å². The molecule has 7 heterocycles. The number of anilines is 2. The number of rotatable bonds is 11. The third-order valence-corrected chi connectivity index (χ3v) is 13.7. The van der Waals surface area contributed by atoms with Gasteiger partial charge < -0.3 is 30.2 Å². The molecule has 5 fully saturated rings. The molecule has 2 aromatic carbocycles. The highest BCUT2D eigenvalue weighted by Crippen LogP contribution is 2.32. The van der Waals surface area contributed by atoms with Gasteiger partial charge in [0.1, 0.15) is 17.6 Å². The van der Waals surface area contributed by atoms with Gasteiger partial charge >= 0.3 is 11.7 Å². The van der Waals surface area contributed by atoms with E-state index in [1.807, 2.05) is 24.1 Å². The molecule has 0 aliphatic carbocycles. The summed E-state index contributed by atoms with van der Waals surface area (Å²) in [5, 5.41) is 6.82. The molecule has 326 valence electrons. The number of aromatic nitrogens is 5. The highest BCUT2D eigenvalue weighted by atomic mass is 16.2. The average molecular weight is 845 g/mol. The minimum atomic E-state index is -0.798. The molecule has 62 heavy (non-hydrogen) atoms. The number of urea groups is 1. The molecule has 0 radical (unpaired) electrons. The van der Waals surface area contributed by atoms with Gasteiger partial charge in [-0.05, 0) is 98.8 Å². The lowest BCUT2D eigenvalue weighted by Crippen LogP contribution is -2.49. The fourth-order valence-corrected chi connectivity index (χ4v) is 10.1. The Labute approximate surface area is 360 Å². The van der Waals surface area contributed by atoms with E-state index in [4.69, 9.17) is 10.7 Å². The third-order valence-electron chi connectivity index (χ3n) is 13.7. The molecule has 5 saturated heterocycles. The molecular weight excluding hydrogens is 789 g/mol. The maximum atomic E-state index is 13.0. The number of likely N-dealkylation sites (tertiary alicyclic amines) is 1.